The summed E-state index contributed by atoms with van der Waals surface area (Å²) in [5.74, 6) is -1.31. The summed E-state index contributed by atoms with van der Waals surface area (Å²) in [5.41, 5.74) is 10.4. The molecule has 2 fully saturated rings. The molecule has 0 aromatic rings. The molecule has 4 amide bonds. The Hall–Kier alpha value is -2.52. The van der Waals surface area contributed by atoms with Gasteiger partial charge in [-0.3, -0.25) is 19.2 Å². The Morgan fingerprint density at radius 1 is 0.968 bits per heavy atom. The summed E-state index contributed by atoms with van der Waals surface area (Å²) in [5, 5.41) is 0. The van der Waals surface area contributed by atoms with Crippen LogP contribution in [0.15, 0.2) is 12.2 Å². The van der Waals surface area contributed by atoms with E-state index < -0.39 is 30.0 Å². The van der Waals surface area contributed by atoms with E-state index in [1.165, 1.54) is 4.90 Å². The summed E-state index contributed by atoms with van der Waals surface area (Å²) in [6.45, 7) is 6.56. The molecular weight excluding hydrogens is 410 g/mol. The van der Waals surface area contributed by atoms with Crippen LogP contribution in [0.1, 0.15) is 59.3 Å². The largest absolute Gasteiger partial charge is 0.368 e. The zero-order chi connectivity index (χ0) is 23.7. The second-order valence-corrected chi connectivity index (χ2v) is 8.02. The third kappa shape index (κ3) is 7.59. The van der Waals surface area contributed by atoms with E-state index in [1.54, 1.807) is 11.8 Å². The van der Waals surface area contributed by atoms with Crippen molar-refractivity contribution >= 4 is 23.6 Å². The van der Waals surface area contributed by atoms with E-state index in [9.17, 15) is 28.0 Å². The molecule has 0 radical (unpaired) electrons. The van der Waals surface area contributed by atoms with E-state index in [-0.39, 0.29) is 30.7 Å². The molecule has 0 saturated carbocycles. The zero-order valence-electron chi connectivity index (χ0n) is 18.5. The van der Waals surface area contributed by atoms with Crippen molar-refractivity contribution in [2.75, 3.05) is 13.1 Å². The molecule has 2 rings (SSSR count). The Morgan fingerprint density at radius 2 is 1.45 bits per heavy atom. The highest BCUT2D eigenvalue weighted by Gasteiger charge is 2.36. The van der Waals surface area contributed by atoms with Gasteiger partial charge in [-0.25, -0.2) is 0 Å². The lowest BCUT2D eigenvalue weighted by Crippen LogP contribution is -2.45. The normalized spacial score (nSPS) is 22.6. The molecule has 2 aliphatic heterocycles. The number of likely N-dealkylation sites (tertiary alicyclic amines) is 2. The Kier molecular flexibility index (Phi) is 10.6. The fourth-order valence-electron chi connectivity index (χ4n) is 4.21. The number of nitrogens with zero attached hydrogens (tertiary/aromatic N) is 2. The van der Waals surface area contributed by atoms with Crippen LogP contribution >= 0.6 is 0 Å². The summed E-state index contributed by atoms with van der Waals surface area (Å²) in [4.78, 5) is 48.3. The van der Waals surface area contributed by atoms with Crippen LogP contribution in [-0.4, -0.2) is 58.6 Å². The summed E-state index contributed by atoms with van der Waals surface area (Å²) >= 11 is 0. The van der Waals surface area contributed by atoms with Crippen LogP contribution in [0.2, 0.25) is 0 Å². The lowest BCUT2D eigenvalue weighted by molar-refractivity contribution is -0.136. The van der Waals surface area contributed by atoms with Crippen LogP contribution in [0.3, 0.4) is 0 Å². The standard InChI is InChI=1S/C11H20N2O2.C10H14F2N2O2/c1-3-5-8-6-10(14)13(7-8)9(4-2)11(12)15;1-2-7(10(13)16)14-5-6(3-8(11)12)4-9(14)15/h8-9H,3-7H2,1-2H3,(H2,12,15);3,6-7H,2,4-5H2,1H3,(H2,13,16)/t8-,9+;6-,7+/m11/s1. The van der Waals surface area contributed by atoms with Crippen molar-refractivity contribution in [1.29, 1.82) is 0 Å². The van der Waals surface area contributed by atoms with Crippen molar-refractivity contribution in [2.24, 2.45) is 23.3 Å². The number of hydrogen-bond acceptors (Lipinski definition) is 4. The third-order valence-electron chi connectivity index (χ3n) is 5.67. The van der Waals surface area contributed by atoms with Gasteiger partial charge in [0, 0.05) is 31.8 Å². The van der Waals surface area contributed by atoms with Crippen molar-refractivity contribution in [1.82, 2.24) is 9.80 Å². The molecule has 2 saturated heterocycles. The number of nitrogens with two attached hydrogens (primary N) is 2. The monoisotopic (exact) mass is 444 g/mol. The average molecular weight is 445 g/mol. The minimum Gasteiger partial charge on any atom is -0.368 e. The molecule has 2 aliphatic rings. The molecule has 0 bridgehead atoms. The topological polar surface area (TPSA) is 127 Å². The van der Waals surface area contributed by atoms with Gasteiger partial charge in [-0.2, -0.15) is 8.78 Å². The number of amides is 4. The van der Waals surface area contributed by atoms with Crippen LogP contribution in [0.25, 0.3) is 0 Å². The maximum absolute atomic E-state index is 12.0. The number of rotatable bonds is 9. The third-order valence-corrected chi connectivity index (χ3v) is 5.67. The Morgan fingerprint density at radius 3 is 1.87 bits per heavy atom. The lowest BCUT2D eigenvalue weighted by Gasteiger charge is -2.24. The van der Waals surface area contributed by atoms with Gasteiger partial charge in [-0.15, -0.1) is 0 Å². The van der Waals surface area contributed by atoms with Gasteiger partial charge in [0.25, 0.3) is 6.08 Å². The molecule has 4 N–H and O–H groups in total. The van der Waals surface area contributed by atoms with Crippen LogP contribution in [-0.2, 0) is 19.2 Å². The predicted octanol–water partition coefficient (Wildman–Crippen LogP) is 1.78. The first-order valence-corrected chi connectivity index (χ1v) is 10.8. The number of carbonyl (C=O) groups is 4. The molecular formula is C21H34F2N4O4. The van der Waals surface area contributed by atoms with Crippen molar-refractivity contribution in [3.8, 4) is 0 Å². The molecule has 0 aliphatic carbocycles. The number of hydrogen-bond donors (Lipinski definition) is 2. The summed E-state index contributed by atoms with van der Waals surface area (Å²) in [6.07, 6.45) is 2.70. The van der Waals surface area contributed by atoms with Gasteiger partial charge < -0.3 is 21.3 Å². The smallest absolute Gasteiger partial charge is 0.266 e. The highest BCUT2D eigenvalue weighted by molar-refractivity contribution is 5.88. The fraction of sp³-hybridized carbons (Fsp3) is 0.714. The first kappa shape index (κ1) is 26.5. The minimum atomic E-state index is -1.80. The highest BCUT2D eigenvalue weighted by Crippen LogP contribution is 2.25. The van der Waals surface area contributed by atoms with Gasteiger partial charge in [0.05, 0.1) is 0 Å². The van der Waals surface area contributed by atoms with E-state index in [4.69, 9.17) is 11.5 Å². The van der Waals surface area contributed by atoms with Gasteiger partial charge in [0.2, 0.25) is 23.6 Å². The quantitative estimate of drug-likeness (QED) is 0.562. The molecule has 10 heteroatoms. The summed E-state index contributed by atoms with van der Waals surface area (Å²) < 4.78 is 24.0. The van der Waals surface area contributed by atoms with Crippen LogP contribution in [0.5, 0.6) is 0 Å². The SMILES string of the molecule is CCC[C@@H]1CC(=O)N([C@@H](CC)C(N)=O)C1.CC[C@@H](C(N)=O)N1C[C@H](C=C(F)F)CC1=O. The summed E-state index contributed by atoms with van der Waals surface area (Å²) in [7, 11) is 0. The van der Waals surface area contributed by atoms with Gasteiger partial charge in [-0.05, 0) is 31.3 Å². The van der Waals surface area contributed by atoms with E-state index in [0.717, 1.165) is 18.9 Å². The maximum Gasteiger partial charge on any atom is 0.266 e. The average Bonchev–Trinajstić information content (AvgIpc) is 3.19. The van der Waals surface area contributed by atoms with Crippen molar-refractivity contribution < 1.29 is 28.0 Å². The maximum atomic E-state index is 12.0. The Balaban J connectivity index is 0.000000311. The van der Waals surface area contributed by atoms with E-state index in [2.05, 4.69) is 6.92 Å². The van der Waals surface area contributed by atoms with Crippen LogP contribution in [0, 0.1) is 11.8 Å². The molecule has 8 nitrogen and oxygen atoms in total. The Bertz CT molecular complexity index is 697. The van der Waals surface area contributed by atoms with Gasteiger partial charge in [0.15, 0.2) is 0 Å². The van der Waals surface area contributed by atoms with Gasteiger partial charge in [-0.1, -0.05) is 27.2 Å². The van der Waals surface area contributed by atoms with Crippen molar-refractivity contribution in [3.63, 3.8) is 0 Å². The van der Waals surface area contributed by atoms with E-state index >= 15 is 0 Å². The molecule has 176 valence electrons. The van der Waals surface area contributed by atoms with Crippen molar-refractivity contribution in [2.45, 2.75) is 71.4 Å². The number of primary amides is 2. The minimum absolute atomic E-state index is 0.0150. The molecule has 0 aromatic carbocycles. The molecule has 4 atom stereocenters. The zero-order valence-corrected chi connectivity index (χ0v) is 18.5. The second-order valence-electron chi connectivity index (χ2n) is 8.02. The predicted molar refractivity (Wildman–Crippen MR) is 111 cm³/mol. The van der Waals surface area contributed by atoms with E-state index in [0.29, 0.717) is 31.7 Å². The van der Waals surface area contributed by atoms with Crippen LogP contribution < -0.4 is 11.5 Å². The molecule has 0 spiro atoms. The van der Waals surface area contributed by atoms with E-state index in [1.807, 2.05) is 6.92 Å². The molecule has 2 heterocycles. The summed E-state index contributed by atoms with van der Waals surface area (Å²) in [6, 6.07) is -1.09. The fourth-order valence-corrected chi connectivity index (χ4v) is 4.21. The molecule has 0 unspecified atom stereocenters. The Labute approximate surface area is 182 Å². The first-order chi connectivity index (χ1) is 14.5. The van der Waals surface area contributed by atoms with Gasteiger partial charge in [0.1, 0.15) is 12.1 Å². The van der Waals surface area contributed by atoms with Crippen LogP contribution in [0.4, 0.5) is 8.78 Å². The second kappa shape index (κ2) is 12.4. The number of halogens is 2. The molecule has 0 aromatic heterocycles. The number of carbonyl (C=O) groups excluding carboxylic acids is 4. The first-order valence-electron chi connectivity index (χ1n) is 10.8. The lowest BCUT2D eigenvalue weighted by atomic mass is 10.0. The van der Waals surface area contributed by atoms with Crippen molar-refractivity contribution in [3.05, 3.63) is 12.2 Å². The highest BCUT2D eigenvalue weighted by atomic mass is 19.3. The van der Waals surface area contributed by atoms with Gasteiger partial charge >= 0.3 is 0 Å². The molecule has 31 heavy (non-hydrogen) atoms.